The van der Waals surface area contributed by atoms with Crippen LogP contribution in [0.15, 0.2) is 18.2 Å². The molecule has 6 heteroatoms. The van der Waals surface area contributed by atoms with E-state index in [1.165, 1.54) is 6.07 Å². The number of alkyl halides is 3. The first kappa shape index (κ1) is 15.3. The van der Waals surface area contributed by atoms with Crippen molar-refractivity contribution < 1.29 is 18.0 Å². The molecule has 0 aromatic heterocycles. The summed E-state index contributed by atoms with van der Waals surface area (Å²) in [6.45, 7) is 4.23. The molecule has 3 nitrogen and oxygen atoms in total. The van der Waals surface area contributed by atoms with Crippen molar-refractivity contribution in [3.8, 4) is 0 Å². The third-order valence-electron chi connectivity index (χ3n) is 2.53. The third kappa shape index (κ3) is 4.15. The van der Waals surface area contributed by atoms with E-state index in [9.17, 15) is 18.0 Å². The van der Waals surface area contributed by atoms with Crippen LogP contribution in [0.4, 0.5) is 18.9 Å². The fraction of sp³-hybridized carbons (Fsp3) is 0.462. The Morgan fingerprint density at radius 3 is 2.42 bits per heavy atom. The topological polar surface area (TPSA) is 41.1 Å². The maximum Gasteiger partial charge on any atom is 0.416 e. The number of anilines is 1. The van der Waals surface area contributed by atoms with Gasteiger partial charge in [-0.05, 0) is 24.1 Å². The van der Waals surface area contributed by atoms with Crippen molar-refractivity contribution in [1.82, 2.24) is 5.32 Å². The molecule has 2 N–H and O–H groups in total. The predicted octanol–water partition coefficient (Wildman–Crippen LogP) is 3.13. The molecular weight excluding hydrogens is 257 g/mol. The van der Waals surface area contributed by atoms with Gasteiger partial charge in [-0.2, -0.15) is 13.2 Å². The number of halogens is 3. The lowest BCUT2D eigenvalue weighted by Crippen LogP contribution is -2.28. The van der Waals surface area contributed by atoms with Crippen LogP contribution < -0.4 is 10.6 Å². The second kappa shape index (κ2) is 5.95. The fourth-order valence-corrected chi connectivity index (χ4v) is 1.52. The van der Waals surface area contributed by atoms with Crippen LogP contribution in [-0.2, 0) is 6.18 Å². The second-order valence-electron chi connectivity index (χ2n) is 4.61. The summed E-state index contributed by atoms with van der Waals surface area (Å²) in [7, 11) is 1.56. The average Bonchev–Trinajstić information content (AvgIpc) is 2.33. The van der Waals surface area contributed by atoms with E-state index >= 15 is 0 Å². The molecule has 0 saturated carbocycles. The van der Waals surface area contributed by atoms with E-state index in [2.05, 4.69) is 10.6 Å². The third-order valence-corrected chi connectivity index (χ3v) is 2.53. The highest BCUT2D eigenvalue weighted by Gasteiger charge is 2.31. The van der Waals surface area contributed by atoms with Gasteiger partial charge in [0.25, 0.3) is 5.91 Å². The molecule has 0 bridgehead atoms. The van der Waals surface area contributed by atoms with E-state index in [0.29, 0.717) is 12.2 Å². The summed E-state index contributed by atoms with van der Waals surface area (Å²) in [6, 6.07) is 3.07. The summed E-state index contributed by atoms with van der Waals surface area (Å²) < 4.78 is 37.9. The molecule has 1 rings (SSSR count). The number of carbonyl (C=O) groups excluding carboxylic acids is 1. The minimum absolute atomic E-state index is 0.00187. The van der Waals surface area contributed by atoms with Gasteiger partial charge in [-0.1, -0.05) is 13.8 Å². The van der Waals surface area contributed by atoms with Crippen LogP contribution in [0, 0.1) is 5.92 Å². The number of nitrogens with one attached hydrogen (secondary N) is 2. The van der Waals surface area contributed by atoms with E-state index in [1.807, 2.05) is 13.8 Å². The summed E-state index contributed by atoms with van der Waals surface area (Å²) in [5.41, 5.74) is -0.464. The molecule has 0 aliphatic rings. The van der Waals surface area contributed by atoms with Crippen LogP contribution in [0.3, 0.4) is 0 Å². The zero-order valence-corrected chi connectivity index (χ0v) is 11.1. The SMILES string of the molecule is CNc1ccc(C(F)(F)F)cc1C(=O)NCC(C)C. The lowest BCUT2D eigenvalue weighted by atomic mass is 10.1. The van der Waals surface area contributed by atoms with Gasteiger partial charge in [0.2, 0.25) is 0 Å². The largest absolute Gasteiger partial charge is 0.416 e. The molecule has 0 aliphatic carbocycles. The maximum atomic E-state index is 12.6. The normalized spacial score (nSPS) is 11.5. The number of carbonyl (C=O) groups is 1. The smallest absolute Gasteiger partial charge is 0.387 e. The van der Waals surface area contributed by atoms with Gasteiger partial charge in [0, 0.05) is 19.3 Å². The first-order chi connectivity index (χ1) is 8.75. The maximum absolute atomic E-state index is 12.6. The number of benzene rings is 1. The quantitative estimate of drug-likeness (QED) is 0.885. The van der Waals surface area contributed by atoms with Gasteiger partial charge in [-0.15, -0.1) is 0 Å². The van der Waals surface area contributed by atoms with Crippen molar-refractivity contribution in [2.24, 2.45) is 5.92 Å². The van der Waals surface area contributed by atoms with Crippen molar-refractivity contribution in [3.63, 3.8) is 0 Å². The minimum Gasteiger partial charge on any atom is -0.387 e. The van der Waals surface area contributed by atoms with Crippen LogP contribution >= 0.6 is 0 Å². The molecule has 0 spiro atoms. The van der Waals surface area contributed by atoms with Crippen LogP contribution in [0.5, 0.6) is 0 Å². The highest BCUT2D eigenvalue weighted by Crippen LogP contribution is 2.31. The molecule has 0 radical (unpaired) electrons. The lowest BCUT2D eigenvalue weighted by Gasteiger charge is -2.14. The van der Waals surface area contributed by atoms with Gasteiger partial charge in [-0.25, -0.2) is 0 Å². The minimum atomic E-state index is -4.46. The standard InChI is InChI=1S/C13H17F3N2O/c1-8(2)7-18-12(19)10-6-9(13(14,15)16)4-5-11(10)17-3/h4-6,8,17H,7H2,1-3H3,(H,18,19). The van der Waals surface area contributed by atoms with Gasteiger partial charge in [0.05, 0.1) is 11.1 Å². The van der Waals surface area contributed by atoms with Crippen LogP contribution in [0.1, 0.15) is 29.8 Å². The molecule has 0 fully saturated rings. The zero-order chi connectivity index (χ0) is 14.6. The number of hydrogen-bond donors (Lipinski definition) is 2. The van der Waals surface area contributed by atoms with E-state index in [1.54, 1.807) is 7.05 Å². The molecule has 1 aromatic carbocycles. The highest BCUT2D eigenvalue weighted by molar-refractivity contribution is 5.99. The first-order valence-electron chi connectivity index (χ1n) is 5.93. The molecule has 106 valence electrons. The van der Waals surface area contributed by atoms with Gasteiger partial charge in [0.1, 0.15) is 0 Å². The van der Waals surface area contributed by atoms with Gasteiger partial charge in [-0.3, -0.25) is 4.79 Å². The molecule has 0 heterocycles. The molecule has 0 saturated heterocycles. The van der Waals surface area contributed by atoms with Gasteiger partial charge >= 0.3 is 6.18 Å². The molecule has 19 heavy (non-hydrogen) atoms. The number of hydrogen-bond acceptors (Lipinski definition) is 2. The fourth-order valence-electron chi connectivity index (χ4n) is 1.52. The Bertz CT molecular complexity index is 456. The average molecular weight is 274 g/mol. The lowest BCUT2D eigenvalue weighted by molar-refractivity contribution is -0.137. The van der Waals surface area contributed by atoms with Crippen molar-refractivity contribution >= 4 is 11.6 Å². The Kier molecular flexibility index (Phi) is 4.80. The predicted molar refractivity (Wildman–Crippen MR) is 68.2 cm³/mol. The first-order valence-corrected chi connectivity index (χ1v) is 5.93. The summed E-state index contributed by atoms with van der Waals surface area (Å²) in [4.78, 5) is 11.9. The molecule has 1 aromatic rings. The van der Waals surface area contributed by atoms with E-state index in [4.69, 9.17) is 0 Å². The van der Waals surface area contributed by atoms with Crippen molar-refractivity contribution in [1.29, 1.82) is 0 Å². The van der Waals surface area contributed by atoms with E-state index in [-0.39, 0.29) is 11.5 Å². The van der Waals surface area contributed by atoms with Crippen LogP contribution in [0.2, 0.25) is 0 Å². The summed E-state index contributed by atoms with van der Waals surface area (Å²) in [5, 5.41) is 5.32. The molecule has 0 atom stereocenters. The summed E-state index contributed by atoms with van der Waals surface area (Å²) in [5.74, 6) is -0.281. The summed E-state index contributed by atoms with van der Waals surface area (Å²) >= 11 is 0. The Morgan fingerprint density at radius 2 is 1.95 bits per heavy atom. The Morgan fingerprint density at radius 1 is 1.32 bits per heavy atom. The Hall–Kier alpha value is -1.72. The molecule has 0 aliphatic heterocycles. The zero-order valence-electron chi connectivity index (χ0n) is 11.1. The second-order valence-corrected chi connectivity index (χ2v) is 4.61. The number of rotatable bonds is 4. The van der Waals surface area contributed by atoms with Crippen LogP contribution in [-0.4, -0.2) is 19.5 Å². The monoisotopic (exact) mass is 274 g/mol. The van der Waals surface area contributed by atoms with Crippen molar-refractivity contribution in [3.05, 3.63) is 29.3 Å². The van der Waals surface area contributed by atoms with E-state index in [0.717, 1.165) is 12.1 Å². The number of amides is 1. The highest BCUT2D eigenvalue weighted by atomic mass is 19.4. The molecular formula is C13H17F3N2O. The van der Waals surface area contributed by atoms with Gasteiger partial charge in [0.15, 0.2) is 0 Å². The van der Waals surface area contributed by atoms with E-state index < -0.39 is 17.6 Å². The molecule has 0 unspecified atom stereocenters. The Labute approximate surface area is 110 Å². The van der Waals surface area contributed by atoms with Crippen molar-refractivity contribution in [2.75, 3.05) is 18.9 Å². The van der Waals surface area contributed by atoms with Crippen LogP contribution in [0.25, 0.3) is 0 Å². The van der Waals surface area contributed by atoms with Gasteiger partial charge < -0.3 is 10.6 Å². The Balaban J connectivity index is 3.05. The van der Waals surface area contributed by atoms with Crippen molar-refractivity contribution in [2.45, 2.75) is 20.0 Å². The summed E-state index contributed by atoms with van der Waals surface area (Å²) in [6.07, 6.45) is -4.46. The molecule has 1 amide bonds.